The number of anilines is 1. The standard InChI is InChI=1S/C24H26N4O4/c1-13-7-6-8-15(11-13)20-19-14(2)27-28(3)22(19)26-24(30)21(20)25-23(29)16-9-10-17(31-4)18(12-16)32-5/h6-12,20-21H,1-5H3,(H,25,29)(H,26,30)/t20-,21+/m1/s1. The van der Waals surface area contributed by atoms with Gasteiger partial charge in [-0.1, -0.05) is 29.8 Å². The number of ether oxygens (including phenoxy) is 2. The van der Waals surface area contributed by atoms with Crippen LogP contribution in [0.5, 0.6) is 11.5 Å². The van der Waals surface area contributed by atoms with E-state index >= 15 is 0 Å². The fraction of sp³-hybridized carbons (Fsp3) is 0.292. The van der Waals surface area contributed by atoms with Gasteiger partial charge in [0.15, 0.2) is 11.5 Å². The Morgan fingerprint density at radius 2 is 1.84 bits per heavy atom. The van der Waals surface area contributed by atoms with E-state index in [0.29, 0.717) is 22.9 Å². The molecule has 0 radical (unpaired) electrons. The zero-order chi connectivity index (χ0) is 23.0. The number of carbonyl (C=O) groups excluding carboxylic acids is 2. The summed E-state index contributed by atoms with van der Waals surface area (Å²) in [5, 5.41) is 10.3. The summed E-state index contributed by atoms with van der Waals surface area (Å²) < 4.78 is 12.2. The van der Waals surface area contributed by atoms with Crippen molar-refractivity contribution in [3.63, 3.8) is 0 Å². The third-order valence-corrected chi connectivity index (χ3v) is 5.77. The van der Waals surface area contributed by atoms with Crippen molar-refractivity contribution in [3.05, 3.63) is 70.4 Å². The quantitative estimate of drug-likeness (QED) is 0.644. The normalized spacial score (nSPS) is 17.3. The van der Waals surface area contributed by atoms with Crippen molar-refractivity contribution in [3.8, 4) is 11.5 Å². The highest BCUT2D eigenvalue weighted by Gasteiger charge is 2.41. The number of rotatable bonds is 5. The van der Waals surface area contributed by atoms with E-state index in [-0.39, 0.29) is 17.7 Å². The molecule has 2 N–H and O–H groups in total. The van der Waals surface area contributed by atoms with Crippen molar-refractivity contribution in [1.29, 1.82) is 0 Å². The minimum absolute atomic E-state index is 0.291. The second-order valence-electron chi connectivity index (χ2n) is 7.87. The van der Waals surface area contributed by atoms with Crippen LogP contribution in [0, 0.1) is 13.8 Å². The second kappa shape index (κ2) is 8.37. The predicted octanol–water partition coefficient (Wildman–Crippen LogP) is 2.94. The van der Waals surface area contributed by atoms with Gasteiger partial charge in [0.2, 0.25) is 5.91 Å². The van der Waals surface area contributed by atoms with Crippen LogP contribution in [0.4, 0.5) is 5.82 Å². The van der Waals surface area contributed by atoms with Gasteiger partial charge in [-0.25, -0.2) is 0 Å². The molecule has 0 fully saturated rings. The molecule has 0 aliphatic carbocycles. The molecule has 2 atom stereocenters. The van der Waals surface area contributed by atoms with Crippen LogP contribution in [0.25, 0.3) is 0 Å². The fourth-order valence-corrected chi connectivity index (χ4v) is 4.28. The Labute approximate surface area is 186 Å². The van der Waals surface area contributed by atoms with Crippen LogP contribution >= 0.6 is 0 Å². The first kappa shape index (κ1) is 21.4. The van der Waals surface area contributed by atoms with Gasteiger partial charge in [0.1, 0.15) is 11.9 Å². The van der Waals surface area contributed by atoms with Gasteiger partial charge < -0.3 is 20.1 Å². The summed E-state index contributed by atoms with van der Waals surface area (Å²) >= 11 is 0. The maximum atomic E-state index is 13.2. The molecule has 2 heterocycles. The Hall–Kier alpha value is -3.81. The van der Waals surface area contributed by atoms with Crippen LogP contribution < -0.4 is 20.1 Å². The number of amides is 2. The number of fused-ring (bicyclic) bond motifs is 1. The number of nitrogens with zero attached hydrogens (tertiary/aromatic N) is 2. The summed E-state index contributed by atoms with van der Waals surface area (Å²) in [5.41, 5.74) is 4.08. The molecule has 1 aliphatic rings. The predicted molar refractivity (Wildman–Crippen MR) is 120 cm³/mol. The Morgan fingerprint density at radius 1 is 1.09 bits per heavy atom. The van der Waals surface area contributed by atoms with E-state index in [1.54, 1.807) is 29.9 Å². The molecule has 2 aromatic carbocycles. The van der Waals surface area contributed by atoms with Crippen LogP contribution in [-0.2, 0) is 11.8 Å². The van der Waals surface area contributed by atoms with Gasteiger partial charge in [-0.05, 0) is 37.6 Å². The lowest BCUT2D eigenvalue weighted by atomic mass is 9.81. The molecule has 0 unspecified atom stereocenters. The summed E-state index contributed by atoms with van der Waals surface area (Å²) in [4.78, 5) is 26.3. The fourth-order valence-electron chi connectivity index (χ4n) is 4.28. The highest BCUT2D eigenvalue weighted by atomic mass is 16.5. The molecule has 8 nitrogen and oxygen atoms in total. The molecule has 8 heteroatoms. The smallest absolute Gasteiger partial charge is 0.252 e. The number of benzene rings is 2. The zero-order valence-electron chi connectivity index (χ0n) is 18.7. The minimum atomic E-state index is -0.812. The SMILES string of the molecule is COc1ccc(C(=O)N[C@@H]2C(=O)Nc3c(c(C)nn3C)[C@H]2c2cccc(C)c2)cc1OC. The van der Waals surface area contributed by atoms with Gasteiger partial charge in [0.05, 0.1) is 19.9 Å². The highest BCUT2D eigenvalue weighted by Crippen LogP contribution is 2.39. The van der Waals surface area contributed by atoms with E-state index in [1.807, 2.05) is 38.1 Å². The molecule has 0 bridgehead atoms. The maximum absolute atomic E-state index is 13.2. The average Bonchev–Trinajstić information content (AvgIpc) is 3.06. The zero-order valence-corrected chi connectivity index (χ0v) is 18.7. The lowest BCUT2D eigenvalue weighted by Crippen LogP contribution is -2.50. The molecule has 32 heavy (non-hydrogen) atoms. The number of methoxy groups -OCH3 is 2. The number of carbonyl (C=O) groups is 2. The van der Waals surface area contributed by atoms with Gasteiger partial charge in [-0.15, -0.1) is 0 Å². The molecular formula is C24H26N4O4. The molecule has 2 amide bonds. The first-order chi connectivity index (χ1) is 15.3. The third kappa shape index (κ3) is 3.68. The van der Waals surface area contributed by atoms with Gasteiger partial charge >= 0.3 is 0 Å². The number of nitrogens with one attached hydrogen (secondary N) is 2. The van der Waals surface area contributed by atoms with E-state index in [0.717, 1.165) is 22.4 Å². The molecule has 1 aromatic heterocycles. The third-order valence-electron chi connectivity index (χ3n) is 5.77. The van der Waals surface area contributed by atoms with Crippen molar-refractivity contribution >= 4 is 17.6 Å². The molecular weight excluding hydrogens is 408 g/mol. The van der Waals surface area contributed by atoms with Crippen molar-refractivity contribution in [2.75, 3.05) is 19.5 Å². The largest absolute Gasteiger partial charge is 0.493 e. The van der Waals surface area contributed by atoms with Crippen molar-refractivity contribution < 1.29 is 19.1 Å². The van der Waals surface area contributed by atoms with Gasteiger partial charge in [-0.3, -0.25) is 14.3 Å². The van der Waals surface area contributed by atoms with Crippen LogP contribution in [-0.4, -0.2) is 41.9 Å². The number of aromatic nitrogens is 2. The van der Waals surface area contributed by atoms with Crippen LogP contribution in [0.2, 0.25) is 0 Å². The van der Waals surface area contributed by atoms with Crippen LogP contribution in [0.1, 0.15) is 38.7 Å². The van der Waals surface area contributed by atoms with Crippen molar-refractivity contribution in [2.45, 2.75) is 25.8 Å². The summed E-state index contributed by atoms with van der Waals surface area (Å²) in [6.07, 6.45) is 0. The molecule has 4 rings (SSSR count). The first-order valence-corrected chi connectivity index (χ1v) is 10.3. The first-order valence-electron chi connectivity index (χ1n) is 10.3. The van der Waals surface area contributed by atoms with E-state index < -0.39 is 6.04 Å². The van der Waals surface area contributed by atoms with E-state index in [1.165, 1.54) is 14.2 Å². The number of hydrogen-bond acceptors (Lipinski definition) is 5. The highest BCUT2D eigenvalue weighted by molar-refractivity contribution is 6.04. The Morgan fingerprint density at radius 3 is 2.53 bits per heavy atom. The Balaban J connectivity index is 1.75. The molecule has 0 spiro atoms. The minimum Gasteiger partial charge on any atom is -0.493 e. The molecule has 0 saturated carbocycles. The monoisotopic (exact) mass is 434 g/mol. The molecule has 0 saturated heterocycles. The number of hydrogen-bond donors (Lipinski definition) is 2. The molecule has 3 aromatic rings. The topological polar surface area (TPSA) is 94.5 Å². The van der Waals surface area contributed by atoms with Crippen LogP contribution in [0.3, 0.4) is 0 Å². The second-order valence-corrected chi connectivity index (χ2v) is 7.87. The van der Waals surface area contributed by atoms with Crippen molar-refractivity contribution in [1.82, 2.24) is 15.1 Å². The van der Waals surface area contributed by atoms with E-state index in [2.05, 4.69) is 15.7 Å². The molecule has 166 valence electrons. The molecule has 1 aliphatic heterocycles. The van der Waals surface area contributed by atoms with Crippen molar-refractivity contribution in [2.24, 2.45) is 7.05 Å². The van der Waals surface area contributed by atoms with Gasteiger partial charge in [-0.2, -0.15) is 5.10 Å². The van der Waals surface area contributed by atoms with E-state index in [4.69, 9.17) is 9.47 Å². The Bertz CT molecular complexity index is 1200. The van der Waals surface area contributed by atoms with Gasteiger partial charge in [0.25, 0.3) is 5.91 Å². The summed E-state index contributed by atoms with van der Waals surface area (Å²) in [6, 6.07) is 12.0. The number of aryl methyl sites for hydroxylation is 3. The van der Waals surface area contributed by atoms with E-state index in [9.17, 15) is 9.59 Å². The Kier molecular flexibility index (Phi) is 5.61. The summed E-state index contributed by atoms with van der Waals surface area (Å²) in [6.45, 7) is 3.91. The van der Waals surface area contributed by atoms with Gasteiger partial charge in [0, 0.05) is 24.1 Å². The summed E-state index contributed by atoms with van der Waals surface area (Å²) in [7, 11) is 4.83. The maximum Gasteiger partial charge on any atom is 0.252 e. The average molecular weight is 434 g/mol. The van der Waals surface area contributed by atoms with Crippen LogP contribution in [0.15, 0.2) is 42.5 Å². The summed E-state index contributed by atoms with van der Waals surface area (Å²) in [5.74, 6) is 0.559. The lowest BCUT2D eigenvalue weighted by Gasteiger charge is -2.32. The lowest BCUT2D eigenvalue weighted by molar-refractivity contribution is -0.118.